The first-order chi connectivity index (χ1) is 11.7. The molecule has 3 rings (SSSR count). The zero-order chi connectivity index (χ0) is 16.9. The van der Waals surface area contributed by atoms with Crippen LogP contribution >= 0.6 is 35.6 Å². The number of halogens is 2. The molecule has 140 valence electrons. The summed E-state index contributed by atoms with van der Waals surface area (Å²) in [5, 5.41) is 3.95. The van der Waals surface area contributed by atoms with Crippen LogP contribution in [0, 0.1) is 5.92 Å². The summed E-state index contributed by atoms with van der Waals surface area (Å²) < 4.78 is 16.6. The maximum atomic E-state index is 6.29. The number of rotatable bonds is 4. The number of nitrogens with zero attached hydrogens (tertiary/aromatic N) is 2. The number of hydrogen-bond donors (Lipinski definition) is 1. The minimum absolute atomic E-state index is 0. The van der Waals surface area contributed by atoms with Crippen LogP contribution < -0.4 is 14.8 Å². The Labute approximate surface area is 170 Å². The van der Waals surface area contributed by atoms with Gasteiger partial charge in [-0.1, -0.05) is 11.6 Å². The number of guanidine groups is 1. The number of aliphatic imine (C=N–C) groups is 1. The van der Waals surface area contributed by atoms with Gasteiger partial charge in [-0.2, -0.15) is 0 Å². The molecule has 0 bridgehead atoms. The van der Waals surface area contributed by atoms with Gasteiger partial charge in [0.05, 0.1) is 11.6 Å². The van der Waals surface area contributed by atoms with Crippen LogP contribution in [0.5, 0.6) is 11.5 Å². The Morgan fingerprint density at radius 1 is 1.32 bits per heavy atom. The minimum Gasteiger partial charge on any atom is -0.486 e. The quantitative estimate of drug-likeness (QED) is 0.407. The van der Waals surface area contributed by atoms with Crippen molar-refractivity contribution < 1.29 is 14.2 Å². The fraction of sp³-hybridized carbons (Fsp3) is 0.588. The van der Waals surface area contributed by atoms with Crippen LogP contribution in [-0.2, 0) is 11.3 Å². The number of fused-ring (bicyclic) bond motifs is 1. The topological polar surface area (TPSA) is 55.3 Å². The van der Waals surface area contributed by atoms with Gasteiger partial charge in [-0.15, -0.1) is 24.0 Å². The Hall–Kier alpha value is -0.930. The first-order valence-corrected chi connectivity index (χ1v) is 8.62. The largest absolute Gasteiger partial charge is 0.486 e. The Morgan fingerprint density at radius 2 is 2.12 bits per heavy atom. The molecule has 1 unspecified atom stereocenters. The fourth-order valence-corrected chi connectivity index (χ4v) is 3.32. The van der Waals surface area contributed by atoms with E-state index in [-0.39, 0.29) is 24.0 Å². The molecule has 1 saturated heterocycles. The summed E-state index contributed by atoms with van der Waals surface area (Å²) in [7, 11) is 3.84. The molecule has 2 aliphatic heterocycles. The molecule has 1 atom stereocenters. The van der Waals surface area contributed by atoms with E-state index in [1.54, 1.807) is 7.05 Å². The molecule has 2 heterocycles. The van der Waals surface area contributed by atoms with Gasteiger partial charge in [-0.05, 0) is 24.1 Å². The van der Waals surface area contributed by atoms with E-state index in [2.05, 4.69) is 15.2 Å². The van der Waals surface area contributed by atoms with Crippen LogP contribution in [0.4, 0.5) is 0 Å². The Kier molecular flexibility index (Phi) is 7.89. The third kappa shape index (κ3) is 5.27. The van der Waals surface area contributed by atoms with Gasteiger partial charge < -0.3 is 24.4 Å². The molecule has 25 heavy (non-hydrogen) atoms. The fourth-order valence-electron chi connectivity index (χ4n) is 3.03. The van der Waals surface area contributed by atoms with Gasteiger partial charge in [-0.25, -0.2) is 0 Å². The highest BCUT2D eigenvalue weighted by atomic mass is 127. The first kappa shape index (κ1) is 20.4. The second-order valence-corrected chi connectivity index (χ2v) is 6.52. The standard InChI is InChI=1S/C17H24ClN3O3.HI/c1-19-17(21(2)10-12-3-4-22-11-12)20-9-13-7-14(18)16-15(8-13)23-5-6-24-16;/h7-8,12H,3-6,9-11H2,1-2H3,(H,19,20);1H. The molecule has 0 aromatic heterocycles. The zero-order valence-electron chi connectivity index (χ0n) is 14.6. The van der Waals surface area contributed by atoms with Crippen molar-refractivity contribution in [2.45, 2.75) is 13.0 Å². The summed E-state index contributed by atoms with van der Waals surface area (Å²) in [4.78, 5) is 6.49. The molecule has 1 N–H and O–H groups in total. The predicted molar refractivity (Wildman–Crippen MR) is 110 cm³/mol. The Morgan fingerprint density at radius 3 is 2.84 bits per heavy atom. The predicted octanol–water partition coefficient (Wildman–Crippen LogP) is 2.77. The smallest absolute Gasteiger partial charge is 0.193 e. The van der Waals surface area contributed by atoms with Gasteiger partial charge in [0.15, 0.2) is 17.5 Å². The van der Waals surface area contributed by atoms with Crippen LogP contribution in [0.2, 0.25) is 5.02 Å². The molecule has 0 amide bonds. The number of nitrogens with one attached hydrogen (secondary N) is 1. The molecule has 0 aliphatic carbocycles. The number of benzene rings is 1. The van der Waals surface area contributed by atoms with Crippen LogP contribution in [0.25, 0.3) is 0 Å². The van der Waals surface area contributed by atoms with E-state index in [4.69, 9.17) is 25.8 Å². The van der Waals surface area contributed by atoms with Crippen molar-refractivity contribution in [1.29, 1.82) is 0 Å². The van der Waals surface area contributed by atoms with E-state index in [1.165, 1.54) is 0 Å². The number of hydrogen-bond acceptors (Lipinski definition) is 4. The van der Waals surface area contributed by atoms with Crippen molar-refractivity contribution in [2.24, 2.45) is 10.9 Å². The SMILES string of the molecule is CN=C(NCc1cc(Cl)c2c(c1)OCCO2)N(C)CC1CCOC1.I. The average molecular weight is 482 g/mol. The molecule has 1 aromatic rings. The van der Waals surface area contributed by atoms with Crippen molar-refractivity contribution in [3.63, 3.8) is 0 Å². The molecule has 6 nitrogen and oxygen atoms in total. The number of ether oxygens (including phenoxy) is 3. The normalized spacial score (nSPS) is 19.3. The lowest BCUT2D eigenvalue weighted by Crippen LogP contribution is -2.41. The molecule has 0 radical (unpaired) electrons. The van der Waals surface area contributed by atoms with Crippen molar-refractivity contribution in [3.05, 3.63) is 22.7 Å². The summed E-state index contributed by atoms with van der Waals surface area (Å²) >= 11 is 6.29. The molecule has 2 aliphatic rings. The van der Waals surface area contributed by atoms with Gasteiger partial charge >= 0.3 is 0 Å². The lowest BCUT2D eigenvalue weighted by atomic mass is 10.1. The average Bonchev–Trinajstić information content (AvgIpc) is 3.08. The molecule has 1 aromatic carbocycles. The van der Waals surface area contributed by atoms with E-state index >= 15 is 0 Å². The molecule has 0 spiro atoms. The summed E-state index contributed by atoms with van der Waals surface area (Å²) in [6, 6.07) is 3.87. The Bertz CT molecular complexity index is 609. The van der Waals surface area contributed by atoms with Crippen LogP contribution in [0.1, 0.15) is 12.0 Å². The minimum atomic E-state index is 0. The lowest BCUT2D eigenvalue weighted by molar-refractivity contribution is 0.171. The molecular formula is C17H25ClIN3O3. The van der Waals surface area contributed by atoms with Crippen molar-refractivity contribution in [3.8, 4) is 11.5 Å². The van der Waals surface area contributed by atoms with E-state index in [9.17, 15) is 0 Å². The van der Waals surface area contributed by atoms with Crippen molar-refractivity contribution >= 4 is 41.5 Å². The zero-order valence-corrected chi connectivity index (χ0v) is 17.7. The highest BCUT2D eigenvalue weighted by molar-refractivity contribution is 14.0. The Balaban J connectivity index is 0.00000225. The van der Waals surface area contributed by atoms with Crippen LogP contribution in [-0.4, -0.2) is 57.9 Å². The van der Waals surface area contributed by atoms with Gasteiger partial charge in [-0.3, -0.25) is 4.99 Å². The summed E-state index contributed by atoms with van der Waals surface area (Å²) in [5.41, 5.74) is 1.03. The van der Waals surface area contributed by atoms with E-state index in [1.807, 2.05) is 19.2 Å². The van der Waals surface area contributed by atoms with E-state index in [0.29, 0.717) is 42.2 Å². The molecular weight excluding hydrogens is 457 g/mol. The van der Waals surface area contributed by atoms with E-state index in [0.717, 1.165) is 37.7 Å². The van der Waals surface area contributed by atoms with Crippen molar-refractivity contribution in [2.75, 3.05) is 47.1 Å². The highest BCUT2D eigenvalue weighted by Crippen LogP contribution is 2.38. The van der Waals surface area contributed by atoms with Crippen molar-refractivity contribution in [1.82, 2.24) is 10.2 Å². The van der Waals surface area contributed by atoms with E-state index < -0.39 is 0 Å². The van der Waals surface area contributed by atoms with Gasteiger partial charge in [0, 0.05) is 39.7 Å². The molecule has 1 fully saturated rings. The highest BCUT2D eigenvalue weighted by Gasteiger charge is 2.20. The van der Waals surface area contributed by atoms with Gasteiger partial charge in [0.2, 0.25) is 0 Å². The van der Waals surface area contributed by atoms with Crippen LogP contribution in [0.3, 0.4) is 0 Å². The summed E-state index contributed by atoms with van der Waals surface area (Å²) in [6.45, 7) is 4.33. The summed E-state index contributed by atoms with van der Waals surface area (Å²) in [6.07, 6.45) is 1.11. The van der Waals surface area contributed by atoms with Gasteiger partial charge in [0.25, 0.3) is 0 Å². The third-order valence-corrected chi connectivity index (χ3v) is 4.52. The molecule has 8 heteroatoms. The third-order valence-electron chi connectivity index (χ3n) is 4.24. The lowest BCUT2D eigenvalue weighted by Gasteiger charge is -2.25. The second-order valence-electron chi connectivity index (χ2n) is 6.11. The second kappa shape index (κ2) is 9.68. The van der Waals surface area contributed by atoms with Gasteiger partial charge in [0.1, 0.15) is 13.2 Å². The summed E-state index contributed by atoms with van der Waals surface area (Å²) in [5.74, 6) is 2.76. The first-order valence-electron chi connectivity index (χ1n) is 8.25. The maximum Gasteiger partial charge on any atom is 0.193 e. The van der Waals surface area contributed by atoms with Crippen LogP contribution in [0.15, 0.2) is 17.1 Å². The maximum absolute atomic E-state index is 6.29. The molecule has 0 saturated carbocycles. The monoisotopic (exact) mass is 481 g/mol.